The lowest BCUT2D eigenvalue weighted by Gasteiger charge is -2.23. The molecule has 1 aromatic rings. The highest BCUT2D eigenvalue weighted by Crippen LogP contribution is 2.46. The van der Waals surface area contributed by atoms with E-state index >= 15 is 0 Å². The fourth-order valence-corrected chi connectivity index (χ4v) is 6.86. The summed E-state index contributed by atoms with van der Waals surface area (Å²) >= 11 is 0. The molecular formula is C42H78O3. The molecule has 0 fully saturated rings. The summed E-state index contributed by atoms with van der Waals surface area (Å²) in [4.78, 5) is 0. The van der Waals surface area contributed by atoms with Gasteiger partial charge in [-0.3, -0.25) is 0 Å². The van der Waals surface area contributed by atoms with Crippen molar-refractivity contribution in [2.75, 3.05) is 6.61 Å². The van der Waals surface area contributed by atoms with Gasteiger partial charge in [0.05, 0.1) is 6.61 Å². The quantitative estimate of drug-likeness (QED) is 0.0600. The zero-order valence-corrected chi connectivity index (χ0v) is 30.9. The predicted octanol–water partition coefficient (Wildman–Crippen LogP) is 14.1. The van der Waals surface area contributed by atoms with Crippen LogP contribution in [0.4, 0.5) is 0 Å². The minimum atomic E-state index is 0.0113. The standard InChI is InChI=1S/C42H78O3/c1-5-9-13-17-21-25-29-33-37-38(34-30-26-22-18-14-10-6-2)40(43)41(44)42(45-36-32-28-24-20-16-12-8-4)39(37)35-31-27-23-19-15-11-7-3/h43-44H,5-36H2,1-4H3. The van der Waals surface area contributed by atoms with Gasteiger partial charge < -0.3 is 14.9 Å². The molecule has 2 N–H and O–H groups in total. The molecule has 0 aromatic heterocycles. The average molecular weight is 631 g/mol. The fraction of sp³-hybridized carbons (Fsp3) is 0.857. The molecule has 0 aliphatic heterocycles. The van der Waals surface area contributed by atoms with Gasteiger partial charge in [-0.2, -0.15) is 0 Å². The topological polar surface area (TPSA) is 49.7 Å². The number of benzene rings is 1. The number of aromatic hydroxyl groups is 2. The summed E-state index contributed by atoms with van der Waals surface area (Å²) in [7, 11) is 0. The molecule has 0 atom stereocenters. The number of phenols is 2. The Morgan fingerprint density at radius 2 is 0.644 bits per heavy atom. The van der Waals surface area contributed by atoms with Crippen LogP contribution in [0.15, 0.2) is 0 Å². The van der Waals surface area contributed by atoms with Gasteiger partial charge in [0.15, 0.2) is 11.5 Å². The Kier molecular flexibility index (Phi) is 27.7. The van der Waals surface area contributed by atoms with E-state index in [2.05, 4.69) is 27.7 Å². The molecule has 0 saturated heterocycles. The highest BCUT2D eigenvalue weighted by Gasteiger charge is 2.24. The van der Waals surface area contributed by atoms with E-state index in [0.29, 0.717) is 12.4 Å². The summed E-state index contributed by atoms with van der Waals surface area (Å²) in [6.45, 7) is 9.72. The Hall–Kier alpha value is -1.38. The molecule has 0 spiro atoms. The van der Waals surface area contributed by atoms with Crippen molar-refractivity contribution < 1.29 is 14.9 Å². The molecule has 0 bridgehead atoms. The van der Waals surface area contributed by atoms with Crippen molar-refractivity contribution in [3.05, 3.63) is 16.7 Å². The van der Waals surface area contributed by atoms with Gasteiger partial charge in [-0.1, -0.05) is 182 Å². The van der Waals surface area contributed by atoms with E-state index < -0.39 is 0 Å². The summed E-state index contributed by atoms with van der Waals surface area (Å²) < 4.78 is 6.42. The van der Waals surface area contributed by atoms with Gasteiger partial charge in [0.2, 0.25) is 5.75 Å². The van der Waals surface area contributed by atoms with Gasteiger partial charge in [-0.25, -0.2) is 0 Å². The van der Waals surface area contributed by atoms with Gasteiger partial charge in [0, 0.05) is 11.1 Å². The molecule has 264 valence electrons. The molecule has 45 heavy (non-hydrogen) atoms. The van der Waals surface area contributed by atoms with Crippen molar-refractivity contribution in [2.45, 2.75) is 227 Å². The average Bonchev–Trinajstić information content (AvgIpc) is 3.04. The first kappa shape index (κ1) is 41.6. The summed E-state index contributed by atoms with van der Waals surface area (Å²) in [5.41, 5.74) is 3.55. The summed E-state index contributed by atoms with van der Waals surface area (Å²) in [5.74, 6) is 0.722. The maximum atomic E-state index is 11.4. The number of ether oxygens (including phenoxy) is 1. The predicted molar refractivity (Wildman–Crippen MR) is 198 cm³/mol. The molecule has 0 heterocycles. The second-order valence-electron chi connectivity index (χ2n) is 14.0. The second kappa shape index (κ2) is 30.0. The van der Waals surface area contributed by atoms with Gasteiger partial charge in [0.1, 0.15) is 0 Å². The minimum Gasteiger partial charge on any atom is -0.504 e. The Labute approximate surface area is 281 Å². The monoisotopic (exact) mass is 631 g/mol. The van der Waals surface area contributed by atoms with Crippen LogP contribution in [0.25, 0.3) is 0 Å². The largest absolute Gasteiger partial charge is 0.504 e. The number of phenolic OH excluding ortho intramolecular Hbond substituents is 2. The summed E-state index contributed by atoms with van der Waals surface area (Å²) in [6.07, 6.45) is 38.2. The lowest BCUT2D eigenvalue weighted by molar-refractivity contribution is 0.278. The normalized spacial score (nSPS) is 11.5. The highest BCUT2D eigenvalue weighted by atomic mass is 16.5. The third-order valence-corrected chi connectivity index (χ3v) is 9.81. The number of hydrogen-bond donors (Lipinski definition) is 2. The highest BCUT2D eigenvalue weighted by molar-refractivity contribution is 5.62. The fourth-order valence-electron chi connectivity index (χ4n) is 6.86. The summed E-state index contributed by atoms with van der Waals surface area (Å²) in [5, 5.41) is 22.8. The van der Waals surface area contributed by atoms with E-state index in [4.69, 9.17) is 4.74 Å². The number of hydrogen-bond acceptors (Lipinski definition) is 3. The van der Waals surface area contributed by atoms with Gasteiger partial charge in [-0.15, -0.1) is 0 Å². The third-order valence-electron chi connectivity index (χ3n) is 9.81. The van der Waals surface area contributed by atoms with Crippen LogP contribution < -0.4 is 4.74 Å². The van der Waals surface area contributed by atoms with E-state index in [1.807, 2.05) is 0 Å². The van der Waals surface area contributed by atoms with E-state index in [1.54, 1.807) is 0 Å². The smallest absolute Gasteiger partial charge is 0.201 e. The second-order valence-corrected chi connectivity index (χ2v) is 14.0. The van der Waals surface area contributed by atoms with Crippen molar-refractivity contribution in [3.63, 3.8) is 0 Å². The molecule has 0 amide bonds. The van der Waals surface area contributed by atoms with Crippen LogP contribution in [-0.4, -0.2) is 16.8 Å². The van der Waals surface area contributed by atoms with Crippen molar-refractivity contribution in [1.82, 2.24) is 0 Å². The molecule has 1 rings (SSSR count). The Balaban J connectivity index is 3.08. The molecule has 3 heteroatoms. The first-order chi connectivity index (χ1) is 22.1. The number of rotatable bonds is 33. The third kappa shape index (κ3) is 19.8. The molecule has 0 aliphatic carbocycles. The van der Waals surface area contributed by atoms with Gasteiger partial charge in [-0.05, 0) is 50.5 Å². The Morgan fingerprint density at radius 1 is 0.333 bits per heavy atom. The SMILES string of the molecule is CCCCCCCCCOc1c(O)c(O)c(CCCCCCCCC)c(CCCCCCCCC)c1CCCCCCCCC. The summed E-state index contributed by atoms with van der Waals surface area (Å²) in [6, 6.07) is 0. The number of unbranched alkanes of at least 4 members (excludes halogenated alkanes) is 24. The van der Waals surface area contributed by atoms with Crippen molar-refractivity contribution >= 4 is 0 Å². The molecule has 0 radical (unpaired) electrons. The van der Waals surface area contributed by atoms with Crippen LogP contribution in [0.2, 0.25) is 0 Å². The van der Waals surface area contributed by atoms with Crippen LogP contribution >= 0.6 is 0 Å². The zero-order chi connectivity index (χ0) is 32.8. The lowest BCUT2D eigenvalue weighted by atomic mass is 9.88. The van der Waals surface area contributed by atoms with Gasteiger partial charge >= 0.3 is 0 Å². The maximum absolute atomic E-state index is 11.4. The maximum Gasteiger partial charge on any atom is 0.201 e. The molecule has 0 saturated carbocycles. The molecular weight excluding hydrogens is 552 g/mol. The van der Waals surface area contributed by atoms with E-state index in [0.717, 1.165) is 50.5 Å². The lowest BCUT2D eigenvalue weighted by Crippen LogP contribution is -2.08. The van der Waals surface area contributed by atoms with Crippen molar-refractivity contribution in [1.29, 1.82) is 0 Å². The van der Waals surface area contributed by atoms with Gasteiger partial charge in [0.25, 0.3) is 0 Å². The minimum absolute atomic E-state index is 0.0113. The first-order valence-electron chi connectivity index (χ1n) is 20.3. The van der Waals surface area contributed by atoms with Crippen LogP contribution in [0, 0.1) is 0 Å². The van der Waals surface area contributed by atoms with Crippen molar-refractivity contribution in [2.24, 2.45) is 0 Å². The Morgan fingerprint density at radius 3 is 1.04 bits per heavy atom. The Bertz CT molecular complexity index is 802. The van der Waals surface area contributed by atoms with Crippen LogP contribution in [0.1, 0.15) is 224 Å². The van der Waals surface area contributed by atoms with Crippen LogP contribution in [0.5, 0.6) is 17.2 Å². The zero-order valence-electron chi connectivity index (χ0n) is 30.9. The first-order valence-corrected chi connectivity index (χ1v) is 20.3. The van der Waals surface area contributed by atoms with Crippen molar-refractivity contribution in [3.8, 4) is 17.2 Å². The van der Waals surface area contributed by atoms with Crippen LogP contribution in [-0.2, 0) is 19.3 Å². The molecule has 1 aromatic carbocycles. The van der Waals surface area contributed by atoms with E-state index in [-0.39, 0.29) is 11.5 Å². The van der Waals surface area contributed by atoms with E-state index in [1.165, 1.54) is 165 Å². The molecule has 0 aliphatic rings. The van der Waals surface area contributed by atoms with E-state index in [9.17, 15) is 10.2 Å². The van der Waals surface area contributed by atoms with Crippen LogP contribution in [0.3, 0.4) is 0 Å². The molecule has 3 nitrogen and oxygen atoms in total. The molecule has 0 unspecified atom stereocenters.